The lowest BCUT2D eigenvalue weighted by molar-refractivity contribution is 0.538. The second kappa shape index (κ2) is 1.72. The summed E-state index contributed by atoms with van der Waals surface area (Å²) in [7, 11) is 0. The summed E-state index contributed by atoms with van der Waals surface area (Å²) in [5.74, 6) is 0. The maximum atomic E-state index is 4.99. The van der Waals surface area contributed by atoms with Crippen molar-refractivity contribution in [3.05, 3.63) is 16.8 Å². The molecule has 0 aliphatic heterocycles. The predicted molar refractivity (Wildman–Crippen MR) is 40.5 cm³/mol. The summed E-state index contributed by atoms with van der Waals surface area (Å²) < 4.78 is 4.99. The Kier molecular flexibility index (Phi) is 1.06. The summed E-state index contributed by atoms with van der Waals surface area (Å²) in [6.45, 7) is 2.21. The Morgan fingerprint density at radius 3 is 2.80 bits per heavy atom. The first-order valence-corrected chi connectivity index (χ1v) is 3.80. The summed E-state index contributed by atoms with van der Waals surface area (Å²) in [6, 6.07) is 0. The molecule has 1 aliphatic carbocycles. The van der Waals surface area contributed by atoms with Gasteiger partial charge in [0.1, 0.15) is 6.26 Å². The lowest BCUT2D eigenvalue weighted by atomic mass is 10.1. The monoisotopic (exact) mass is 155 g/mol. The molecule has 1 aliphatic rings. The van der Waals surface area contributed by atoms with E-state index in [-0.39, 0.29) is 0 Å². The highest BCUT2D eigenvalue weighted by molar-refractivity contribution is 7.71. The molecule has 0 bridgehead atoms. The quantitative estimate of drug-likeness (QED) is 0.631. The molecule has 2 rings (SSSR count). The topological polar surface area (TPSA) is 28.9 Å². The summed E-state index contributed by atoms with van der Waals surface area (Å²) in [5, 5.41) is 0. The van der Waals surface area contributed by atoms with Crippen LogP contribution < -0.4 is 0 Å². The van der Waals surface area contributed by atoms with E-state index in [1.54, 1.807) is 6.26 Å². The van der Waals surface area contributed by atoms with Crippen molar-refractivity contribution in [3.8, 4) is 0 Å². The van der Waals surface area contributed by atoms with E-state index in [4.69, 9.17) is 16.6 Å². The Morgan fingerprint density at radius 1 is 1.70 bits per heavy atom. The molecule has 1 heterocycles. The van der Waals surface area contributed by atoms with E-state index in [9.17, 15) is 0 Å². The van der Waals surface area contributed by atoms with Crippen LogP contribution in [-0.4, -0.2) is 4.98 Å². The molecule has 1 aromatic rings. The van der Waals surface area contributed by atoms with Gasteiger partial charge in [0.05, 0.1) is 5.69 Å². The molecule has 0 saturated heterocycles. The van der Waals surface area contributed by atoms with Crippen molar-refractivity contribution in [3.63, 3.8) is 0 Å². The van der Waals surface area contributed by atoms with Gasteiger partial charge in [-0.15, -0.1) is 0 Å². The third-order valence-electron chi connectivity index (χ3n) is 2.17. The third kappa shape index (κ3) is 0.814. The van der Waals surface area contributed by atoms with Crippen molar-refractivity contribution in [2.24, 2.45) is 0 Å². The zero-order valence-corrected chi connectivity index (χ0v) is 6.62. The van der Waals surface area contributed by atoms with Crippen LogP contribution >= 0.6 is 12.2 Å². The van der Waals surface area contributed by atoms with Crippen LogP contribution in [0, 0.1) is 4.84 Å². The summed E-state index contributed by atoms with van der Waals surface area (Å²) in [6.07, 6.45) is 4.23. The molecule has 0 spiro atoms. The molecule has 10 heavy (non-hydrogen) atoms. The lowest BCUT2D eigenvalue weighted by Gasteiger charge is -1.99. The van der Waals surface area contributed by atoms with Crippen LogP contribution in [0.5, 0.6) is 0 Å². The van der Waals surface area contributed by atoms with Gasteiger partial charge in [-0.05, 0) is 25.1 Å². The number of H-pyrrole nitrogens is 1. The van der Waals surface area contributed by atoms with E-state index in [1.807, 2.05) is 0 Å². The van der Waals surface area contributed by atoms with E-state index in [1.165, 1.54) is 12.8 Å². The fourth-order valence-electron chi connectivity index (χ4n) is 1.03. The number of aromatic nitrogens is 1. The van der Waals surface area contributed by atoms with E-state index < -0.39 is 0 Å². The van der Waals surface area contributed by atoms with Crippen molar-refractivity contribution in [2.45, 2.75) is 25.2 Å². The van der Waals surface area contributed by atoms with Gasteiger partial charge < -0.3 is 9.40 Å². The van der Waals surface area contributed by atoms with Gasteiger partial charge in [0.25, 0.3) is 4.84 Å². The fourth-order valence-corrected chi connectivity index (χ4v) is 1.19. The molecular weight excluding hydrogens is 146 g/mol. The lowest BCUT2D eigenvalue weighted by Crippen LogP contribution is -1.98. The van der Waals surface area contributed by atoms with E-state index in [2.05, 4.69) is 11.9 Å². The minimum absolute atomic E-state index is 0.348. The largest absolute Gasteiger partial charge is 0.438 e. The molecule has 0 atom stereocenters. The van der Waals surface area contributed by atoms with Gasteiger partial charge >= 0.3 is 0 Å². The molecule has 2 nitrogen and oxygen atoms in total. The normalized spacial score (nSPS) is 20.9. The molecule has 0 amide bonds. The SMILES string of the molecule is CC1(c2coc(=S)[nH]2)CC1. The van der Waals surface area contributed by atoms with E-state index in [0.29, 0.717) is 10.3 Å². The molecule has 0 aromatic carbocycles. The Hall–Kier alpha value is -0.570. The van der Waals surface area contributed by atoms with Crippen molar-refractivity contribution < 1.29 is 4.42 Å². The van der Waals surface area contributed by atoms with Crippen LogP contribution in [-0.2, 0) is 5.41 Å². The van der Waals surface area contributed by atoms with Gasteiger partial charge in [0, 0.05) is 5.41 Å². The minimum atomic E-state index is 0.348. The molecule has 0 radical (unpaired) electrons. The highest BCUT2D eigenvalue weighted by Crippen LogP contribution is 2.46. The highest BCUT2D eigenvalue weighted by atomic mass is 32.1. The standard InChI is InChI=1S/C7H9NOS/c1-7(2-3-7)5-4-9-6(10)8-5/h4H,2-3H2,1H3,(H,8,10). The number of hydrogen-bond acceptors (Lipinski definition) is 2. The minimum Gasteiger partial charge on any atom is -0.438 e. The van der Waals surface area contributed by atoms with Gasteiger partial charge in [-0.1, -0.05) is 6.92 Å². The maximum absolute atomic E-state index is 4.99. The highest BCUT2D eigenvalue weighted by Gasteiger charge is 2.40. The third-order valence-corrected chi connectivity index (χ3v) is 2.37. The van der Waals surface area contributed by atoms with Gasteiger partial charge in [-0.25, -0.2) is 0 Å². The van der Waals surface area contributed by atoms with Crippen LogP contribution in [0.3, 0.4) is 0 Å². The van der Waals surface area contributed by atoms with Gasteiger partial charge in [0.2, 0.25) is 0 Å². The van der Waals surface area contributed by atoms with Crippen molar-refractivity contribution >= 4 is 12.2 Å². The maximum Gasteiger partial charge on any atom is 0.266 e. The van der Waals surface area contributed by atoms with Gasteiger partial charge in [-0.3, -0.25) is 0 Å². The average Bonchev–Trinajstić information content (AvgIpc) is 2.45. The number of hydrogen-bond donors (Lipinski definition) is 1. The van der Waals surface area contributed by atoms with Crippen LogP contribution in [0.15, 0.2) is 10.7 Å². The number of aromatic amines is 1. The van der Waals surface area contributed by atoms with Crippen LogP contribution in [0.2, 0.25) is 0 Å². The molecule has 3 heteroatoms. The second-order valence-electron chi connectivity index (χ2n) is 3.12. The predicted octanol–water partition coefficient (Wildman–Crippen LogP) is 2.39. The van der Waals surface area contributed by atoms with Crippen LogP contribution in [0.4, 0.5) is 0 Å². The molecule has 1 saturated carbocycles. The van der Waals surface area contributed by atoms with E-state index in [0.717, 1.165) is 5.69 Å². The smallest absolute Gasteiger partial charge is 0.266 e. The summed E-state index contributed by atoms with van der Waals surface area (Å²) in [4.78, 5) is 3.52. The molecule has 54 valence electrons. The van der Waals surface area contributed by atoms with Crippen LogP contribution in [0.1, 0.15) is 25.5 Å². The number of nitrogens with one attached hydrogen (secondary N) is 1. The van der Waals surface area contributed by atoms with Crippen molar-refractivity contribution in [1.29, 1.82) is 0 Å². The fraction of sp³-hybridized carbons (Fsp3) is 0.571. The summed E-state index contributed by atoms with van der Waals surface area (Å²) in [5.41, 5.74) is 1.50. The first-order valence-electron chi connectivity index (χ1n) is 3.39. The average molecular weight is 155 g/mol. The van der Waals surface area contributed by atoms with Crippen LogP contribution in [0.25, 0.3) is 0 Å². The first kappa shape index (κ1) is 6.16. The zero-order chi connectivity index (χ0) is 7.19. The number of rotatable bonds is 1. The Bertz CT molecular complexity index is 295. The Morgan fingerprint density at radius 2 is 2.40 bits per heavy atom. The summed E-state index contributed by atoms with van der Waals surface area (Å²) >= 11 is 4.81. The zero-order valence-electron chi connectivity index (χ0n) is 5.81. The Balaban J connectivity index is 2.43. The first-order chi connectivity index (χ1) is 4.71. The molecule has 0 unspecified atom stereocenters. The molecule has 1 N–H and O–H groups in total. The van der Waals surface area contributed by atoms with E-state index >= 15 is 0 Å². The van der Waals surface area contributed by atoms with Crippen molar-refractivity contribution in [1.82, 2.24) is 4.98 Å². The van der Waals surface area contributed by atoms with Gasteiger partial charge in [0.15, 0.2) is 0 Å². The Labute approximate surface area is 64.3 Å². The number of oxazole rings is 1. The second-order valence-corrected chi connectivity index (χ2v) is 3.49. The van der Waals surface area contributed by atoms with Gasteiger partial charge in [-0.2, -0.15) is 0 Å². The molecule has 1 aromatic heterocycles. The molecule has 1 fully saturated rings. The van der Waals surface area contributed by atoms with Crippen molar-refractivity contribution in [2.75, 3.05) is 0 Å². The molecular formula is C7H9NOS.